The molecule has 0 aliphatic heterocycles. The Morgan fingerprint density at radius 2 is 2.00 bits per heavy atom. The Bertz CT molecular complexity index is 585. The van der Waals surface area contributed by atoms with Crippen LogP contribution in [0.5, 0.6) is 5.75 Å². The maximum absolute atomic E-state index is 12.9. The van der Waals surface area contributed by atoms with E-state index in [4.69, 9.17) is 10.5 Å². The largest absolute Gasteiger partial charge is 0.496 e. The van der Waals surface area contributed by atoms with E-state index in [1.807, 2.05) is 0 Å². The molecule has 2 rings (SSSR count). The Labute approximate surface area is 107 Å². The van der Waals surface area contributed by atoms with Gasteiger partial charge in [0.2, 0.25) is 0 Å². The normalized spacial score (nSPS) is 11.6. The van der Waals surface area contributed by atoms with Crippen molar-refractivity contribution < 1.29 is 17.9 Å². The zero-order valence-corrected chi connectivity index (χ0v) is 10.3. The zero-order valence-electron chi connectivity index (χ0n) is 10.3. The maximum atomic E-state index is 12.9. The molecule has 1 aromatic heterocycles. The van der Waals surface area contributed by atoms with Gasteiger partial charge in [0.25, 0.3) is 0 Å². The van der Waals surface area contributed by atoms with Crippen LogP contribution in [0.3, 0.4) is 0 Å². The number of aromatic nitrogens is 2. The van der Waals surface area contributed by atoms with Crippen molar-refractivity contribution in [2.45, 2.75) is 6.18 Å². The second-order valence-electron chi connectivity index (χ2n) is 3.98. The number of nitrogen functional groups attached to an aromatic ring is 1. The summed E-state index contributed by atoms with van der Waals surface area (Å²) in [6, 6.07) is 3.79. The van der Waals surface area contributed by atoms with Gasteiger partial charge in [0.05, 0.1) is 30.3 Å². The van der Waals surface area contributed by atoms with Crippen LogP contribution in [0.25, 0.3) is 11.3 Å². The number of methoxy groups -OCH3 is 1. The molecule has 0 atom stereocenters. The minimum absolute atomic E-state index is 0.225. The molecule has 2 N–H and O–H groups in total. The minimum atomic E-state index is -4.49. The van der Waals surface area contributed by atoms with Gasteiger partial charge in [-0.3, -0.25) is 4.68 Å². The Morgan fingerprint density at radius 3 is 2.47 bits per heavy atom. The third-order valence-electron chi connectivity index (χ3n) is 2.75. The molecule has 0 saturated carbocycles. The SMILES string of the molecule is COc1ccc(-c2c(N)cnn2C)cc1C(F)(F)F. The molecule has 2 aromatic rings. The summed E-state index contributed by atoms with van der Waals surface area (Å²) >= 11 is 0. The molecule has 4 nitrogen and oxygen atoms in total. The van der Waals surface area contributed by atoms with Gasteiger partial charge < -0.3 is 10.5 Å². The fourth-order valence-corrected chi connectivity index (χ4v) is 1.88. The molecule has 0 amide bonds. The van der Waals surface area contributed by atoms with Gasteiger partial charge in [-0.2, -0.15) is 18.3 Å². The first-order valence-electron chi connectivity index (χ1n) is 5.37. The smallest absolute Gasteiger partial charge is 0.419 e. The summed E-state index contributed by atoms with van der Waals surface area (Å²) in [4.78, 5) is 0. The molecular weight excluding hydrogens is 259 g/mol. The number of nitrogens with two attached hydrogens (primary N) is 1. The molecular formula is C12H12F3N3O. The number of aryl methyl sites for hydroxylation is 1. The highest BCUT2D eigenvalue weighted by atomic mass is 19.4. The van der Waals surface area contributed by atoms with Crippen molar-refractivity contribution in [3.05, 3.63) is 30.0 Å². The van der Waals surface area contributed by atoms with E-state index in [1.165, 1.54) is 30.1 Å². The quantitative estimate of drug-likeness (QED) is 0.913. The van der Waals surface area contributed by atoms with Crippen LogP contribution in [0.15, 0.2) is 24.4 Å². The summed E-state index contributed by atoms with van der Waals surface area (Å²) < 4.78 is 44.9. The van der Waals surface area contributed by atoms with E-state index in [0.29, 0.717) is 16.9 Å². The molecule has 0 saturated heterocycles. The van der Waals surface area contributed by atoms with Gasteiger partial charge in [0, 0.05) is 12.6 Å². The van der Waals surface area contributed by atoms with Crippen LogP contribution in [-0.2, 0) is 13.2 Å². The van der Waals surface area contributed by atoms with Crippen LogP contribution in [0.4, 0.5) is 18.9 Å². The average molecular weight is 271 g/mol. The fraction of sp³-hybridized carbons (Fsp3) is 0.250. The van der Waals surface area contributed by atoms with E-state index in [0.717, 1.165) is 6.07 Å². The predicted octanol–water partition coefficient (Wildman–Crippen LogP) is 2.70. The first-order valence-corrected chi connectivity index (χ1v) is 5.37. The van der Waals surface area contributed by atoms with E-state index >= 15 is 0 Å². The van der Waals surface area contributed by atoms with Crippen LogP contribution in [0.1, 0.15) is 5.56 Å². The van der Waals surface area contributed by atoms with Crippen LogP contribution in [-0.4, -0.2) is 16.9 Å². The number of benzene rings is 1. The molecule has 0 aliphatic rings. The summed E-state index contributed by atoms with van der Waals surface area (Å²) in [5, 5.41) is 3.91. The molecule has 7 heteroatoms. The Hall–Kier alpha value is -2.18. The second-order valence-corrected chi connectivity index (χ2v) is 3.98. The third kappa shape index (κ3) is 2.35. The first-order chi connectivity index (χ1) is 8.84. The monoisotopic (exact) mass is 271 g/mol. The molecule has 1 heterocycles. The van der Waals surface area contributed by atoms with Gasteiger partial charge in [0.15, 0.2) is 0 Å². The summed E-state index contributed by atoms with van der Waals surface area (Å²) in [5.74, 6) is -0.225. The fourth-order valence-electron chi connectivity index (χ4n) is 1.88. The van der Waals surface area contributed by atoms with Gasteiger partial charge in [0.1, 0.15) is 5.75 Å². The highest BCUT2D eigenvalue weighted by Crippen LogP contribution is 2.39. The maximum Gasteiger partial charge on any atom is 0.419 e. The Balaban J connectivity index is 2.62. The van der Waals surface area contributed by atoms with Gasteiger partial charge in [-0.15, -0.1) is 0 Å². The summed E-state index contributed by atoms with van der Waals surface area (Å²) in [6.07, 6.45) is -3.10. The van der Waals surface area contributed by atoms with E-state index in [2.05, 4.69) is 5.10 Å². The molecule has 0 radical (unpaired) electrons. The number of hydrogen-bond donors (Lipinski definition) is 1. The number of halogens is 3. The Kier molecular flexibility index (Phi) is 3.13. The first kappa shape index (κ1) is 13.3. The standard InChI is InChI=1S/C12H12F3N3O/c1-18-11(9(16)6-17-18)7-3-4-10(19-2)8(5-7)12(13,14)15/h3-6H,16H2,1-2H3. The van der Waals surface area contributed by atoms with E-state index < -0.39 is 11.7 Å². The van der Waals surface area contributed by atoms with Crippen LogP contribution in [0, 0.1) is 0 Å². The van der Waals surface area contributed by atoms with Crippen molar-refractivity contribution >= 4 is 5.69 Å². The van der Waals surface area contributed by atoms with Crippen molar-refractivity contribution in [3.8, 4) is 17.0 Å². The van der Waals surface area contributed by atoms with E-state index in [9.17, 15) is 13.2 Å². The summed E-state index contributed by atoms with van der Waals surface area (Å²) in [7, 11) is 2.81. The number of ether oxygens (including phenoxy) is 1. The lowest BCUT2D eigenvalue weighted by Crippen LogP contribution is -2.08. The average Bonchev–Trinajstić information content (AvgIpc) is 2.67. The van der Waals surface area contributed by atoms with Crippen molar-refractivity contribution in [1.29, 1.82) is 0 Å². The number of nitrogens with zero attached hydrogens (tertiary/aromatic N) is 2. The predicted molar refractivity (Wildman–Crippen MR) is 64.6 cm³/mol. The molecule has 102 valence electrons. The van der Waals surface area contributed by atoms with Crippen molar-refractivity contribution in [2.75, 3.05) is 12.8 Å². The minimum Gasteiger partial charge on any atom is -0.496 e. The van der Waals surface area contributed by atoms with Crippen molar-refractivity contribution in [1.82, 2.24) is 9.78 Å². The number of alkyl halides is 3. The number of anilines is 1. The summed E-state index contributed by atoms with van der Waals surface area (Å²) in [5.41, 5.74) is 5.96. The molecule has 19 heavy (non-hydrogen) atoms. The van der Waals surface area contributed by atoms with Gasteiger partial charge in [-0.05, 0) is 18.2 Å². The molecule has 0 bridgehead atoms. The van der Waals surface area contributed by atoms with E-state index in [1.54, 1.807) is 7.05 Å². The topological polar surface area (TPSA) is 53.1 Å². The van der Waals surface area contributed by atoms with Crippen LogP contribution in [0.2, 0.25) is 0 Å². The van der Waals surface area contributed by atoms with Gasteiger partial charge in [-0.1, -0.05) is 0 Å². The third-order valence-corrected chi connectivity index (χ3v) is 2.75. The van der Waals surface area contributed by atoms with E-state index in [-0.39, 0.29) is 5.75 Å². The van der Waals surface area contributed by atoms with Crippen LogP contribution < -0.4 is 10.5 Å². The molecule has 1 aromatic carbocycles. The van der Waals surface area contributed by atoms with Crippen LogP contribution >= 0.6 is 0 Å². The van der Waals surface area contributed by atoms with Gasteiger partial charge in [-0.25, -0.2) is 0 Å². The van der Waals surface area contributed by atoms with Crippen molar-refractivity contribution in [3.63, 3.8) is 0 Å². The molecule has 0 fully saturated rings. The summed E-state index contributed by atoms with van der Waals surface area (Å²) in [6.45, 7) is 0. The van der Waals surface area contributed by atoms with Gasteiger partial charge >= 0.3 is 6.18 Å². The lowest BCUT2D eigenvalue weighted by atomic mass is 10.1. The highest BCUT2D eigenvalue weighted by molar-refractivity contribution is 5.73. The highest BCUT2D eigenvalue weighted by Gasteiger charge is 2.34. The van der Waals surface area contributed by atoms with Crippen molar-refractivity contribution in [2.24, 2.45) is 7.05 Å². The number of hydrogen-bond acceptors (Lipinski definition) is 3. The number of rotatable bonds is 2. The second kappa shape index (κ2) is 4.49. The lowest BCUT2D eigenvalue weighted by molar-refractivity contribution is -0.138. The molecule has 0 unspecified atom stereocenters. The molecule has 0 spiro atoms. The zero-order chi connectivity index (χ0) is 14.2. The Morgan fingerprint density at radius 1 is 1.32 bits per heavy atom. The lowest BCUT2D eigenvalue weighted by Gasteiger charge is -2.14. The molecule has 0 aliphatic carbocycles.